The number of carbonyl (C=O) groups is 1. The fraction of sp³-hybridized carbons (Fsp3) is 0.150. The first-order chi connectivity index (χ1) is 14.0. The summed E-state index contributed by atoms with van der Waals surface area (Å²) < 4.78 is 2.81. The van der Waals surface area contributed by atoms with Gasteiger partial charge in [0.1, 0.15) is 0 Å². The average Bonchev–Trinajstić information content (AvgIpc) is 3.15. The first kappa shape index (κ1) is 18.4. The second kappa shape index (κ2) is 7.55. The van der Waals surface area contributed by atoms with E-state index in [1.807, 2.05) is 12.1 Å². The van der Waals surface area contributed by atoms with Crippen molar-refractivity contribution < 1.29 is 4.79 Å². The van der Waals surface area contributed by atoms with Gasteiger partial charge in [0.15, 0.2) is 0 Å². The Morgan fingerprint density at radius 3 is 2.72 bits per heavy atom. The van der Waals surface area contributed by atoms with Crippen molar-refractivity contribution in [3.8, 4) is 0 Å². The largest absolute Gasteiger partial charge is 0.328 e. The molecule has 1 amide bonds. The number of aromatic nitrogens is 5. The Labute approximate surface area is 164 Å². The third-order valence-corrected chi connectivity index (χ3v) is 4.55. The number of hydrogen-bond acceptors (Lipinski definition) is 5. The van der Waals surface area contributed by atoms with Crippen molar-refractivity contribution in [2.75, 3.05) is 5.32 Å². The molecule has 0 saturated heterocycles. The Morgan fingerprint density at radius 1 is 1.17 bits per heavy atom. The first-order valence-electron chi connectivity index (χ1n) is 9.04. The lowest BCUT2D eigenvalue weighted by Gasteiger charge is -2.06. The summed E-state index contributed by atoms with van der Waals surface area (Å²) in [5, 5.41) is 7.37. The number of aromatic amines is 1. The third-order valence-electron chi connectivity index (χ3n) is 4.55. The van der Waals surface area contributed by atoms with Crippen LogP contribution >= 0.6 is 0 Å². The van der Waals surface area contributed by atoms with E-state index in [-0.39, 0.29) is 18.0 Å². The SMILES string of the molecule is CCn1c(=O)[nH]c2cc(C(=O)Nc3cnn(Cc4ccncc4)c3)ccc2c1=O. The predicted octanol–water partition coefficient (Wildman–Crippen LogP) is 1.60. The van der Waals surface area contributed by atoms with Crippen LogP contribution in [0.5, 0.6) is 0 Å². The van der Waals surface area contributed by atoms with Crippen LogP contribution in [0, 0.1) is 0 Å². The van der Waals surface area contributed by atoms with Crippen LogP contribution in [0.2, 0.25) is 0 Å². The molecule has 0 radical (unpaired) electrons. The number of nitrogens with one attached hydrogen (secondary N) is 2. The van der Waals surface area contributed by atoms with Crippen molar-refractivity contribution in [3.63, 3.8) is 0 Å². The standard InChI is InChI=1S/C20H18N6O3/c1-2-26-19(28)16-4-3-14(9-17(16)24-20(26)29)18(27)23-15-10-22-25(12-15)11-13-5-7-21-8-6-13/h3-10,12H,2,11H2,1H3,(H,23,27)(H,24,29). The van der Waals surface area contributed by atoms with Gasteiger partial charge < -0.3 is 10.3 Å². The lowest BCUT2D eigenvalue weighted by molar-refractivity contribution is 0.102. The van der Waals surface area contributed by atoms with Gasteiger partial charge in [0.25, 0.3) is 11.5 Å². The number of nitrogens with zero attached hydrogens (tertiary/aromatic N) is 4. The second-order valence-electron chi connectivity index (χ2n) is 6.48. The zero-order valence-electron chi connectivity index (χ0n) is 15.6. The second-order valence-corrected chi connectivity index (χ2v) is 6.48. The molecule has 0 fully saturated rings. The molecule has 1 aromatic carbocycles. The summed E-state index contributed by atoms with van der Waals surface area (Å²) >= 11 is 0. The molecule has 3 aromatic heterocycles. The van der Waals surface area contributed by atoms with Crippen LogP contribution in [0.3, 0.4) is 0 Å². The van der Waals surface area contributed by atoms with Gasteiger partial charge in [-0.3, -0.25) is 23.8 Å². The maximum absolute atomic E-state index is 12.6. The number of amides is 1. The summed E-state index contributed by atoms with van der Waals surface area (Å²) in [5.74, 6) is -0.365. The highest BCUT2D eigenvalue weighted by atomic mass is 16.2. The average molecular weight is 390 g/mol. The van der Waals surface area contributed by atoms with Crippen molar-refractivity contribution >= 4 is 22.5 Å². The van der Waals surface area contributed by atoms with Crippen LogP contribution in [0.15, 0.2) is 64.7 Å². The summed E-state index contributed by atoms with van der Waals surface area (Å²) in [6, 6.07) is 8.37. The number of rotatable bonds is 5. The highest BCUT2D eigenvalue weighted by Crippen LogP contribution is 2.13. The zero-order chi connectivity index (χ0) is 20.4. The van der Waals surface area contributed by atoms with Crippen LogP contribution in [-0.2, 0) is 13.1 Å². The van der Waals surface area contributed by atoms with E-state index in [2.05, 4.69) is 20.4 Å². The Kier molecular flexibility index (Phi) is 4.78. The van der Waals surface area contributed by atoms with Crippen molar-refractivity contribution in [2.45, 2.75) is 20.0 Å². The molecule has 0 aliphatic carbocycles. The third kappa shape index (κ3) is 3.70. The molecule has 0 saturated carbocycles. The smallest absolute Gasteiger partial charge is 0.319 e. The lowest BCUT2D eigenvalue weighted by atomic mass is 10.1. The quantitative estimate of drug-likeness (QED) is 0.537. The van der Waals surface area contributed by atoms with Gasteiger partial charge in [-0.2, -0.15) is 5.10 Å². The lowest BCUT2D eigenvalue weighted by Crippen LogP contribution is -2.34. The molecule has 3 heterocycles. The molecule has 0 bridgehead atoms. The summed E-state index contributed by atoms with van der Waals surface area (Å²) in [7, 11) is 0. The summed E-state index contributed by atoms with van der Waals surface area (Å²) in [5.41, 5.74) is 1.35. The minimum absolute atomic E-state index is 0.274. The minimum Gasteiger partial charge on any atom is -0.319 e. The van der Waals surface area contributed by atoms with Crippen LogP contribution in [0.4, 0.5) is 5.69 Å². The van der Waals surface area contributed by atoms with Crippen LogP contribution in [0.25, 0.3) is 10.9 Å². The van der Waals surface area contributed by atoms with Gasteiger partial charge in [0.05, 0.1) is 29.3 Å². The van der Waals surface area contributed by atoms with Gasteiger partial charge in [0.2, 0.25) is 0 Å². The molecule has 146 valence electrons. The number of hydrogen-bond donors (Lipinski definition) is 2. The van der Waals surface area contributed by atoms with Gasteiger partial charge in [-0.25, -0.2) is 4.79 Å². The van der Waals surface area contributed by atoms with E-state index in [0.29, 0.717) is 28.7 Å². The number of H-pyrrole nitrogens is 1. The Bertz CT molecular complexity index is 1300. The maximum Gasteiger partial charge on any atom is 0.328 e. The molecule has 29 heavy (non-hydrogen) atoms. The van der Waals surface area contributed by atoms with E-state index in [1.165, 1.54) is 6.07 Å². The molecular formula is C20H18N6O3. The molecule has 0 aliphatic heterocycles. The van der Waals surface area contributed by atoms with Gasteiger partial charge in [-0.05, 0) is 42.8 Å². The summed E-state index contributed by atoms with van der Waals surface area (Å²) in [6.07, 6.45) is 6.70. The number of carbonyl (C=O) groups excluding carboxylic acids is 1. The highest BCUT2D eigenvalue weighted by molar-refractivity contribution is 6.05. The van der Waals surface area contributed by atoms with Crippen molar-refractivity contribution in [1.29, 1.82) is 0 Å². The topological polar surface area (TPSA) is 115 Å². The number of benzene rings is 1. The highest BCUT2D eigenvalue weighted by Gasteiger charge is 2.12. The predicted molar refractivity (Wildman–Crippen MR) is 108 cm³/mol. The van der Waals surface area contributed by atoms with Crippen LogP contribution in [-0.4, -0.2) is 30.2 Å². The number of fused-ring (bicyclic) bond motifs is 1. The van der Waals surface area contributed by atoms with Gasteiger partial charge in [-0.1, -0.05) is 0 Å². The fourth-order valence-electron chi connectivity index (χ4n) is 3.08. The first-order valence-corrected chi connectivity index (χ1v) is 9.04. The molecule has 9 heteroatoms. The molecule has 0 atom stereocenters. The van der Waals surface area contributed by atoms with E-state index in [4.69, 9.17) is 0 Å². The molecule has 0 spiro atoms. The molecule has 4 rings (SSSR count). The van der Waals surface area contributed by atoms with E-state index >= 15 is 0 Å². The molecule has 0 aliphatic rings. The zero-order valence-corrected chi connectivity index (χ0v) is 15.6. The summed E-state index contributed by atoms with van der Waals surface area (Å²) in [4.78, 5) is 43.5. The Morgan fingerprint density at radius 2 is 1.97 bits per heavy atom. The van der Waals surface area contributed by atoms with E-state index < -0.39 is 5.69 Å². The molecular weight excluding hydrogens is 372 g/mol. The normalized spacial score (nSPS) is 10.9. The molecule has 4 aromatic rings. The molecule has 9 nitrogen and oxygen atoms in total. The van der Waals surface area contributed by atoms with Crippen LogP contribution < -0.4 is 16.6 Å². The maximum atomic E-state index is 12.6. The molecule has 2 N–H and O–H groups in total. The fourth-order valence-corrected chi connectivity index (χ4v) is 3.08. The Hall–Kier alpha value is -4.01. The van der Waals surface area contributed by atoms with E-state index in [0.717, 1.165) is 10.1 Å². The number of pyridine rings is 1. The minimum atomic E-state index is -0.500. The van der Waals surface area contributed by atoms with E-state index in [9.17, 15) is 14.4 Å². The van der Waals surface area contributed by atoms with Crippen molar-refractivity contribution in [3.05, 3.63) is 87.1 Å². The van der Waals surface area contributed by atoms with Crippen LogP contribution in [0.1, 0.15) is 22.8 Å². The summed E-state index contributed by atoms with van der Waals surface area (Å²) in [6.45, 7) is 2.55. The Balaban J connectivity index is 1.55. The van der Waals surface area contributed by atoms with Gasteiger partial charge >= 0.3 is 5.69 Å². The van der Waals surface area contributed by atoms with E-state index in [1.54, 1.807) is 48.5 Å². The van der Waals surface area contributed by atoms with Gasteiger partial charge in [0, 0.05) is 30.7 Å². The molecule has 0 unspecified atom stereocenters. The van der Waals surface area contributed by atoms with Crippen molar-refractivity contribution in [1.82, 2.24) is 24.3 Å². The monoisotopic (exact) mass is 390 g/mol. The van der Waals surface area contributed by atoms with Crippen molar-refractivity contribution in [2.24, 2.45) is 0 Å². The number of anilines is 1. The van der Waals surface area contributed by atoms with Gasteiger partial charge in [-0.15, -0.1) is 0 Å².